The highest BCUT2D eigenvalue weighted by Crippen LogP contribution is 2.30. The second-order valence-corrected chi connectivity index (χ2v) is 6.72. The monoisotopic (exact) mass is 255 g/mol. The van der Waals surface area contributed by atoms with E-state index < -0.39 is 0 Å². The highest BCUT2D eigenvalue weighted by atomic mass is 16.3. The Morgan fingerprint density at radius 1 is 1.44 bits per heavy atom. The van der Waals surface area contributed by atoms with Gasteiger partial charge < -0.3 is 10.0 Å². The summed E-state index contributed by atoms with van der Waals surface area (Å²) in [6, 6.07) is 0.372. The zero-order valence-corrected chi connectivity index (χ0v) is 12.4. The lowest BCUT2D eigenvalue weighted by Crippen LogP contribution is -2.37. The Bertz CT molecular complexity index is 270. The summed E-state index contributed by atoms with van der Waals surface area (Å²) >= 11 is 0. The Morgan fingerprint density at radius 3 is 2.67 bits per heavy atom. The van der Waals surface area contributed by atoms with Gasteiger partial charge in [0.2, 0.25) is 5.91 Å². The fourth-order valence-electron chi connectivity index (χ4n) is 2.48. The molecule has 0 bridgehead atoms. The molecule has 0 aromatic carbocycles. The van der Waals surface area contributed by atoms with Crippen LogP contribution in [0.4, 0.5) is 0 Å². The van der Waals surface area contributed by atoms with Crippen LogP contribution in [0, 0.1) is 11.3 Å². The van der Waals surface area contributed by atoms with Gasteiger partial charge >= 0.3 is 0 Å². The fraction of sp³-hybridized carbons (Fsp3) is 0.933. The molecule has 0 aliphatic carbocycles. The molecule has 3 nitrogen and oxygen atoms in total. The van der Waals surface area contributed by atoms with Crippen LogP contribution in [0.25, 0.3) is 0 Å². The SMILES string of the molecule is CC(CC(=O)N1CCCC1CCCO)C(C)(C)C. The summed E-state index contributed by atoms with van der Waals surface area (Å²) in [6.45, 7) is 9.88. The van der Waals surface area contributed by atoms with Crippen LogP contribution >= 0.6 is 0 Å². The average molecular weight is 255 g/mol. The van der Waals surface area contributed by atoms with Crippen LogP contribution in [0.3, 0.4) is 0 Å². The van der Waals surface area contributed by atoms with Crippen molar-refractivity contribution in [3.8, 4) is 0 Å². The van der Waals surface area contributed by atoms with E-state index in [0.717, 1.165) is 32.2 Å². The fourth-order valence-corrected chi connectivity index (χ4v) is 2.48. The molecule has 0 saturated carbocycles. The molecule has 1 aliphatic rings. The van der Waals surface area contributed by atoms with Gasteiger partial charge in [0.25, 0.3) is 0 Å². The Hall–Kier alpha value is -0.570. The molecule has 106 valence electrons. The molecule has 1 aliphatic heterocycles. The number of aliphatic hydroxyl groups is 1. The van der Waals surface area contributed by atoms with E-state index in [4.69, 9.17) is 5.11 Å². The standard InChI is InChI=1S/C15H29NO2/c1-12(15(2,3)4)11-14(18)16-9-5-7-13(16)8-6-10-17/h12-13,17H,5-11H2,1-4H3. The lowest BCUT2D eigenvalue weighted by Gasteiger charge is -2.31. The number of carbonyl (C=O) groups excluding carboxylic acids is 1. The third-order valence-electron chi connectivity index (χ3n) is 4.35. The van der Waals surface area contributed by atoms with Gasteiger partial charge in [0, 0.05) is 25.6 Å². The average Bonchev–Trinajstić information content (AvgIpc) is 2.72. The maximum Gasteiger partial charge on any atom is 0.223 e. The van der Waals surface area contributed by atoms with Crippen molar-refractivity contribution in [3.05, 3.63) is 0 Å². The summed E-state index contributed by atoms with van der Waals surface area (Å²) in [5.74, 6) is 0.710. The molecule has 1 saturated heterocycles. The third kappa shape index (κ3) is 4.27. The van der Waals surface area contributed by atoms with Crippen LogP contribution in [0.5, 0.6) is 0 Å². The molecular weight excluding hydrogens is 226 g/mol. The van der Waals surface area contributed by atoms with Crippen molar-refractivity contribution in [2.45, 2.75) is 65.8 Å². The van der Waals surface area contributed by atoms with Crippen molar-refractivity contribution in [2.75, 3.05) is 13.2 Å². The number of amides is 1. The largest absolute Gasteiger partial charge is 0.396 e. The molecule has 1 heterocycles. The minimum absolute atomic E-state index is 0.190. The molecular formula is C15H29NO2. The lowest BCUT2D eigenvalue weighted by molar-refractivity contribution is -0.133. The Morgan fingerprint density at radius 2 is 2.11 bits per heavy atom. The lowest BCUT2D eigenvalue weighted by atomic mass is 9.80. The van der Waals surface area contributed by atoms with E-state index in [1.165, 1.54) is 0 Å². The molecule has 2 unspecified atom stereocenters. The van der Waals surface area contributed by atoms with Crippen molar-refractivity contribution >= 4 is 5.91 Å². The van der Waals surface area contributed by atoms with Crippen molar-refractivity contribution in [2.24, 2.45) is 11.3 Å². The van der Waals surface area contributed by atoms with Crippen LogP contribution in [-0.2, 0) is 4.79 Å². The van der Waals surface area contributed by atoms with Gasteiger partial charge in [-0.3, -0.25) is 4.79 Å². The van der Waals surface area contributed by atoms with E-state index in [2.05, 4.69) is 32.6 Å². The predicted octanol–water partition coefficient (Wildman–Crippen LogP) is 2.82. The summed E-state index contributed by atoms with van der Waals surface area (Å²) in [7, 11) is 0. The van der Waals surface area contributed by atoms with Crippen molar-refractivity contribution in [3.63, 3.8) is 0 Å². The molecule has 3 heteroatoms. The number of nitrogens with zero attached hydrogens (tertiary/aromatic N) is 1. The highest BCUT2D eigenvalue weighted by molar-refractivity contribution is 5.77. The first kappa shape index (κ1) is 15.5. The summed E-state index contributed by atoms with van der Waals surface area (Å²) in [4.78, 5) is 14.4. The topological polar surface area (TPSA) is 40.5 Å². The highest BCUT2D eigenvalue weighted by Gasteiger charge is 2.31. The predicted molar refractivity (Wildman–Crippen MR) is 74.3 cm³/mol. The number of hydrogen-bond acceptors (Lipinski definition) is 2. The number of rotatable bonds is 5. The van der Waals surface area contributed by atoms with Gasteiger partial charge in [-0.15, -0.1) is 0 Å². The molecule has 1 rings (SSSR count). The summed E-state index contributed by atoms with van der Waals surface area (Å²) in [5, 5.41) is 8.90. The maximum atomic E-state index is 12.3. The van der Waals surface area contributed by atoms with Crippen molar-refractivity contribution in [1.82, 2.24) is 4.90 Å². The molecule has 0 spiro atoms. The van der Waals surface area contributed by atoms with E-state index in [0.29, 0.717) is 24.3 Å². The Balaban J connectivity index is 2.50. The van der Waals surface area contributed by atoms with Crippen LogP contribution in [0.2, 0.25) is 0 Å². The van der Waals surface area contributed by atoms with Crippen molar-refractivity contribution in [1.29, 1.82) is 0 Å². The van der Waals surface area contributed by atoms with E-state index >= 15 is 0 Å². The van der Waals surface area contributed by atoms with Gasteiger partial charge in [0.1, 0.15) is 0 Å². The second-order valence-electron chi connectivity index (χ2n) is 6.72. The molecule has 18 heavy (non-hydrogen) atoms. The number of aliphatic hydroxyl groups excluding tert-OH is 1. The normalized spacial score (nSPS) is 22.3. The van der Waals surface area contributed by atoms with Gasteiger partial charge in [0.15, 0.2) is 0 Å². The quantitative estimate of drug-likeness (QED) is 0.820. The van der Waals surface area contributed by atoms with Gasteiger partial charge in [0.05, 0.1) is 0 Å². The van der Waals surface area contributed by atoms with E-state index in [9.17, 15) is 4.79 Å². The number of likely N-dealkylation sites (tertiary alicyclic amines) is 1. The zero-order chi connectivity index (χ0) is 13.8. The molecule has 0 aromatic rings. The first-order chi connectivity index (χ1) is 8.36. The van der Waals surface area contributed by atoms with Gasteiger partial charge in [-0.1, -0.05) is 27.7 Å². The molecule has 1 N–H and O–H groups in total. The second kappa shape index (κ2) is 6.55. The first-order valence-corrected chi connectivity index (χ1v) is 7.26. The van der Waals surface area contributed by atoms with Crippen LogP contribution in [0.15, 0.2) is 0 Å². The van der Waals surface area contributed by atoms with E-state index in [1.54, 1.807) is 0 Å². The van der Waals surface area contributed by atoms with Gasteiger partial charge in [-0.2, -0.15) is 0 Å². The number of carbonyl (C=O) groups is 1. The van der Waals surface area contributed by atoms with Gasteiger partial charge in [-0.05, 0) is 37.0 Å². The van der Waals surface area contributed by atoms with Crippen molar-refractivity contribution < 1.29 is 9.90 Å². The third-order valence-corrected chi connectivity index (χ3v) is 4.35. The van der Waals surface area contributed by atoms with Crippen LogP contribution in [0.1, 0.15) is 59.8 Å². The van der Waals surface area contributed by atoms with Crippen LogP contribution < -0.4 is 0 Å². The summed E-state index contributed by atoms with van der Waals surface area (Å²) < 4.78 is 0. The van der Waals surface area contributed by atoms with Gasteiger partial charge in [-0.25, -0.2) is 0 Å². The minimum atomic E-state index is 0.190. The minimum Gasteiger partial charge on any atom is -0.396 e. The molecule has 1 amide bonds. The maximum absolute atomic E-state index is 12.3. The molecule has 0 radical (unpaired) electrons. The summed E-state index contributed by atoms with van der Waals surface area (Å²) in [5.41, 5.74) is 0.190. The first-order valence-electron chi connectivity index (χ1n) is 7.26. The molecule has 0 aromatic heterocycles. The van der Waals surface area contributed by atoms with E-state index in [-0.39, 0.29) is 12.0 Å². The smallest absolute Gasteiger partial charge is 0.223 e. The Kier molecular flexibility index (Phi) is 5.64. The zero-order valence-electron chi connectivity index (χ0n) is 12.4. The summed E-state index contributed by atoms with van der Waals surface area (Å²) in [6.07, 6.45) is 4.63. The molecule has 1 fully saturated rings. The van der Waals surface area contributed by atoms with E-state index in [1.807, 2.05) is 0 Å². The van der Waals surface area contributed by atoms with Crippen LogP contribution in [-0.4, -0.2) is 35.1 Å². The number of hydrogen-bond donors (Lipinski definition) is 1. The Labute approximate surface area is 112 Å². The molecule has 2 atom stereocenters.